The Bertz CT molecular complexity index is 205. The predicted octanol–water partition coefficient (Wildman–Crippen LogP) is 3.11. The minimum Gasteiger partial charge on any atom is -0.389 e. The van der Waals surface area contributed by atoms with Crippen molar-refractivity contribution in [3.63, 3.8) is 0 Å². The number of ether oxygens (including phenoxy) is 1. The van der Waals surface area contributed by atoms with Crippen LogP contribution >= 0.6 is 0 Å². The molecule has 1 aliphatic carbocycles. The summed E-state index contributed by atoms with van der Waals surface area (Å²) in [6.07, 6.45) is 9.97. The molecule has 1 unspecified atom stereocenters. The molecule has 1 rings (SSSR count). The van der Waals surface area contributed by atoms with Gasteiger partial charge in [0.05, 0.1) is 12.7 Å². The number of nitrogens with one attached hydrogen (secondary N) is 1. The molecule has 0 amide bonds. The standard InChI is InChI=1S/C16H33NO2/c1-3-4-5-8-11-19-13-16(18)12-17-14(2)15-9-6-7-10-15/h14-18H,3-13H2,1-2H3/t14-,16?/m1/s1. The van der Waals surface area contributed by atoms with Crippen molar-refractivity contribution in [3.05, 3.63) is 0 Å². The monoisotopic (exact) mass is 271 g/mol. The molecule has 0 radical (unpaired) electrons. The SMILES string of the molecule is CCCCCCOCC(O)CN[C@H](C)C1CCCC1. The lowest BCUT2D eigenvalue weighted by Crippen LogP contribution is -2.39. The summed E-state index contributed by atoms with van der Waals surface area (Å²) in [4.78, 5) is 0. The van der Waals surface area contributed by atoms with E-state index in [1.54, 1.807) is 0 Å². The first kappa shape index (κ1) is 16.9. The summed E-state index contributed by atoms with van der Waals surface area (Å²) in [5.74, 6) is 0.808. The Kier molecular flexibility index (Phi) is 9.48. The van der Waals surface area contributed by atoms with Gasteiger partial charge in [0, 0.05) is 19.2 Å². The summed E-state index contributed by atoms with van der Waals surface area (Å²) in [6, 6.07) is 0.529. The molecule has 0 aromatic heterocycles. The van der Waals surface area contributed by atoms with E-state index in [1.165, 1.54) is 44.9 Å². The molecule has 0 aliphatic heterocycles. The molecule has 1 saturated carbocycles. The fourth-order valence-corrected chi connectivity index (χ4v) is 2.86. The van der Waals surface area contributed by atoms with Crippen molar-refractivity contribution >= 4 is 0 Å². The summed E-state index contributed by atoms with van der Waals surface area (Å²) < 4.78 is 5.51. The van der Waals surface area contributed by atoms with E-state index >= 15 is 0 Å². The number of aliphatic hydroxyl groups is 1. The highest BCUT2D eigenvalue weighted by molar-refractivity contribution is 4.78. The fraction of sp³-hybridized carbons (Fsp3) is 1.00. The van der Waals surface area contributed by atoms with Gasteiger partial charge in [-0.3, -0.25) is 0 Å². The van der Waals surface area contributed by atoms with Crippen molar-refractivity contribution in [3.8, 4) is 0 Å². The van der Waals surface area contributed by atoms with Crippen LogP contribution in [-0.4, -0.2) is 37.0 Å². The number of hydrogen-bond donors (Lipinski definition) is 2. The Hall–Kier alpha value is -0.120. The molecule has 1 fully saturated rings. The maximum atomic E-state index is 9.86. The quantitative estimate of drug-likeness (QED) is 0.567. The molecule has 3 nitrogen and oxygen atoms in total. The summed E-state index contributed by atoms with van der Waals surface area (Å²) in [5.41, 5.74) is 0. The van der Waals surface area contributed by atoms with E-state index in [2.05, 4.69) is 19.2 Å². The Morgan fingerprint density at radius 2 is 1.95 bits per heavy atom. The highest BCUT2D eigenvalue weighted by Crippen LogP contribution is 2.27. The van der Waals surface area contributed by atoms with Gasteiger partial charge >= 0.3 is 0 Å². The second-order valence-electron chi connectivity index (χ2n) is 6.03. The summed E-state index contributed by atoms with van der Waals surface area (Å²) in [5, 5.41) is 13.3. The van der Waals surface area contributed by atoms with Gasteiger partial charge in [0.15, 0.2) is 0 Å². The van der Waals surface area contributed by atoms with E-state index in [4.69, 9.17) is 4.74 Å². The minimum absolute atomic E-state index is 0.366. The van der Waals surface area contributed by atoms with Crippen molar-refractivity contribution in [2.75, 3.05) is 19.8 Å². The molecular formula is C16H33NO2. The number of hydrogen-bond acceptors (Lipinski definition) is 3. The van der Waals surface area contributed by atoms with E-state index in [1.807, 2.05) is 0 Å². The maximum Gasteiger partial charge on any atom is 0.0897 e. The van der Waals surface area contributed by atoms with Crippen molar-refractivity contribution < 1.29 is 9.84 Å². The number of aliphatic hydroxyl groups excluding tert-OH is 1. The van der Waals surface area contributed by atoms with Crippen LogP contribution in [0.5, 0.6) is 0 Å². The van der Waals surface area contributed by atoms with Gasteiger partial charge in [0.1, 0.15) is 0 Å². The van der Waals surface area contributed by atoms with Gasteiger partial charge in [-0.25, -0.2) is 0 Å². The van der Waals surface area contributed by atoms with E-state index in [-0.39, 0.29) is 6.10 Å². The topological polar surface area (TPSA) is 41.5 Å². The Balaban J connectivity index is 1.93. The van der Waals surface area contributed by atoms with Crippen LogP contribution in [0.15, 0.2) is 0 Å². The van der Waals surface area contributed by atoms with Crippen LogP contribution in [0.4, 0.5) is 0 Å². The first-order valence-corrected chi connectivity index (χ1v) is 8.23. The van der Waals surface area contributed by atoms with E-state index in [0.29, 0.717) is 19.2 Å². The van der Waals surface area contributed by atoms with Crippen LogP contribution < -0.4 is 5.32 Å². The second-order valence-corrected chi connectivity index (χ2v) is 6.03. The molecule has 0 aromatic carbocycles. The van der Waals surface area contributed by atoms with Gasteiger partial charge in [-0.1, -0.05) is 39.0 Å². The lowest BCUT2D eigenvalue weighted by molar-refractivity contribution is 0.0334. The third-order valence-corrected chi connectivity index (χ3v) is 4.23. The summed E-state index contributed by atoms with van der Waals surface area (Å²) in [6.45, 7) is 6.37. The van der Waals surface area contributed by atoms with Gasteiger partial charge in [-0.2, -0.15) is 0 Å². The van der Waals surface area contributed by atoms with Crippen LogP contribution in [0.2, 0.25) is 0 Å². The van der Waals surface area contributed by atoms with E-state index < -0.39 is 0 Å². The van der Waals surface area contributed by atoms with Crippen LogP contribution in [-0.2, 0) is 4.74 Å². The zero-order chi connectivity index (χ0) is 13.9. The molecule has 19 heavy (non-hydrogen) atoms. The molecule has 0 aromatic rings. The zero-order valence-electron chi connectivity index (χ0n) is 12.9. The van der Waals surface area contributed by atoms with Crippen molar-refractivity contribution in [2.24, 2.45) is 5.92 Å². The first-order valence-electron chi connectivity index (χ1n) is 8.23. The van der Waals surface area contributed by atoms with Crippen LogP contribution in [0.1, 0.15) is 65.2 Å². The molecule has 2 N–H and O–H groups in total. The molecule has 2 atom stereocenters. The molecule has 3 heteroatoms. The van der Waals surface area contributed by atoms with Crippen LogP contribution in [0.25, 0.3) is 0 Å². The van der Waals surface area contributed by atoms with Crippen molar-refractivity contribution in [1.29, 1.82) is 0 Å². The molecule has 114 valence electrons. The predicted molar refractivity (Wildman–Crippen MR) is 80.4 cm³/mol. The lowest BCUT2D eigenvalue weighted by atomic mass is 10.00. The first-order chi connectivity index (χ1) is 9.24. The van der Waals surface area contributed by atoms with Gasteiger partial charge in [0.25, 0.3) is 0 Å². The Morgan fingerprint density at radius 1 is 1.21 bits per heavy atom. The average molecular weight is 271 g/mol. The molecule has 0 spiro atoms. The Morgan fingerprint density at radius 3 is 2.63 bits per heavy atom. The summed E-state index contributed by atoms with van der Waals surface area (Å²) >= 11 is 0. The highest BCUT2D eigenvalue weighted by atomic mass is 16.5. The van der Waals surface area contributed by atoms with Gasteiger partial charge in [-0.05, 0) is 32.1 Å². The number of unbranched alkanes of at least 4 members (excludes halogenated alkanes) is 3. The number of rotatable bonds is 11. The second kappa shape index (κ2) is 10.6. The van der Waals surface area contributed by atoms with Crippen molar-refractivity contribution in [2.45, 2.75) is 77.4 Å². The van der Waals surface area contributed by atoms with Crippen LogP contribution in [0.3, 0.4) is 0 Å². The van der Waals surface area contributed by atoms with E-state index in [9.17, 15) is 5.11 Å². The van der Waals surface area contributed by atoms with Crippen molar-refractivity contribution in [1.82, 2.24) is 5.32 Å². The largest absolute Gasteiger partial charge is 0.389 e. The van der Waals surface area contributed by atoms with Gasteiger partial charge in [-0.15, -0.1) is 0 Å². The average Bonchev–Trinajstić information content (AvgIpc) is 2.94. The molecular weight excluding hydrogens is 238 g/mol. The minimum atomic E-state index is -0.366. The lowest BCUT2D eigenvalue weighted by Gasteiger charge is -2.22. The third kappa shape index (κ3) is 7.91. The van der Waals surface area contributed by atoms with E-state index in [0.717, 1.165) is 18.9 Å². The normalized spacial score (nSPS) is 19.7. The molecule has 0 heterocycles. The Labute approximate surface area is 119 Å². The maximum absolute atomic E-state index is 9.86. The third-order valence-electron chi connectivity index (χ3n) is 4.23. The zero-order valence-corrected chi connectivity index (χ0v) is 12.9. The highest BCUT2D eigenvalue weighted by Gasteiger charge is 2.21. The molecule has 1 aliphatic rings. The molecule has 0 saturated heterocycles. The molecule has 0 bridgehead atoms. The smallest absolute Gasteiger partial charge is 0.0897 e. The fourth-order valence-electron chi connectivity index (χ4n) is 2.86. The summed E-state index contributed by atoms with van der Waals surface area (Å²) in [7, 11) is 0. The van der Waals surface area contributed by atoms with Gasteiger partial charge in [0.2, 0.25) is 0 Å². The van der Waals surface area contributed by atoms with Gasteiger partial charge < -0.3 is 15.2 Å². The van der Waals surface area contributed by atoms with Crippen LogP contribution in [0, 0.1) is 5.92 Å².